The topological polar surface area (TPSA) is 4.93 Å². The van der Waals surface area contributed by atoms with Crippen molar-refractivity contribution in [1.29, 1.82) is 0 Å². The molecule has 0 spiro atoms. The summed E-state index contributed by atoms with van der Waals surface area (Å²) in [5.41, 5.74) is 1.23. The maximum Gasteiger partial charge on any atom is 0.0886 e. The van der Waals surface area contributed by atoms with Crippen LogP contribution in [0.15, 0.2) is 34.9 Å². The van der Waals surface area contributed by atoms with Crippen LogP contribution in [0.3, 0.4) is 0 Å². The van der Waals surface area contributed by atoms with Crippen LogP contribution in [0.4, 0.5) is 0 Å². The molecule has 0 aliphatic carbocycles. The van der Waals surface area contributed by atoms with Crippen molar-refractivity contribution in [2.24, 2.45) is 0 Å². The lowest BCUT2D eigenvalue weighted by Crippen LogP contribution is -1.75. The summed E-state index contributed by atoms with van der Waals surface area (Å²) in [7, 11) is 2.66. The van der Waals surface area contributed by atoms with Gasteiger partial charge in [-0.3, -0.25) is 0 Å². The van der Waals surface area contributed by atoms with E-state index in [1.165, 1.54) is 10.9 Å². The van der Waals surface area contributed by atoms with E-state index in [1.54, 1.807) is 0 Å². The minimum absolute atomic E-state index is 1.09. The highest BCUT2D eigenvalue weighted by Gasteiger charge is 1.99. The molecular weight excluding hydrogens is 221 g/mol. The van der Waals surface area contributed by atoms with Crippen LogP contribution >= 0.6 is 25.3 Å². The Morgan fingerprint density at radius 1 is 1.27 bits per heavy atom. The standard InChI is InChI=1S/C8H7BrNP/c9-8-5-6-3-1-2-4-7(6)10(8)11/h1-5H,11H2. The first-order valence-electron chi connectivity index (χ1n) is 3.30. The van der Waals surface area contributed by atoms with Gasteiger partial charge >= 0.3 is 0 Å². The summed E-state index contributed by atoms with van der Waals surface area (Å²) in [4.78, 5) is 0. The molecule has 0 saturated heterocycles. The fourth-order valence-electron chi connectivity index (χ4n) is 1.14. The molecule has 0 N–H and O–H groups in total. The summed E-state index contributed by atoms with van der Waals surface area (Å²) in [6.45, 7) is 0. The van der Waals surface area contributed by atoms with Crippen LogP contribution in [-0.2, 0) is 0 Å². The Morgan fingerprint density at radius 3 is 2.73 bits per heavy atom. The fraction of sp³-hybridized carbons (Fsp3) is 0. The van der Waals surface area contributed by atoms with Crippen molar-refractivity contribution in [2.45, 2.75) is 0 Å². The van der Waals surface area contributed by atoms with Crippen molar-refractivity contribution in [3.63, 3.8) is 0 Å². The molecule has 0 aliphatic rings. The van der Waals surface area contributed by atoms with E-state index in [0.717, 1.165) is 4.60 Å². The minimum Gasteiger partial charge on any atom is -0.320 e. The molecule has 11 heavy (non-hydrogen) atoms. The lowest BCUT2D eigenvalue weighted by atomic mass is 10.3. The summed E-state index contributed by atoms with van der Waals surface area (Å²) in [5.74, 6) is 0. The summed E-state index contributed by atoms with van der Waals surface area (Å²) in [6.07, 6.45) is 0. The van der Waals surface area contributed by atoms with Crippen LogP contribution < -0.4 is 0 Å². The van der Waals surface area contributed by atoms with Crippen LogP contribution in [0.25, 0.3) is 10.9 Å². The highest BCUT2D eigenvalue weighted by molar-refractivity contribution is 9.10. The van der Waals surface area contributed by atoms with Crippen molar-refractivity contribution < 1.29 is 0 Å². The predicted molar refractivity (Wildman–Crippen MR) is 54.7 cm³/mol. The number of rotatable bonds is 0. The van der Waals surface area contributed by atoms with Gasteiger partial charge in [-0.2, -0.15) is 0 Å². The van der Waals surface area contributed by atoms with E-state index in [-0.39, 0.29) is 0 Å². The molecule has 1 heterocycles. The monoisotopic (exact) mass is 227 g/mol. The molecule has 1 nitrogen and oxygen atoms in total. The quantitative estimate of drug-likeness (QED) is 0.610. The number of hydrogen-bond acceptors (Lipinski definition) is 0. The largest absolute Gasteiger partial charge is 0.320 e. The molecule has 2 aromatic rings. The van der Waals surface area contributed by atoms with Gasteiger partial charge in [0.15, 0.2) is 0 Å². The lowest BCUT2D eigenvalue weighted by molar-refractivity contribution is 1.30. The normalized spacial score (nSPS) is 10.7. The average Bonchev–Trinajstić information content (AvgIpc) is 2.30. The molecule has 1 aromatic carbocycles. The molecular formula is C8H7BrNP. The van der Waals surface area contributed by atoms with E-state index in [2.05, 4.69) is 43.5 Å². The second-order valence-electron chi connectivity index (χ2n) is 2.40. The van der Waals surface area contributed by atoms with Crippen molar-refractivity contribution in [3.05, 3.63) is 34.9 Å². The second-order valence-corrected chi connectivity index (χ2v) is 3.72. The van der Waals surface area contributed by atoms with Crippen LogP contribution in [0.1, 0.15) is 0 Å². The van der Waals surface area contributed by atoms with Gasteiger partial charge in [0, 0.05) is 5.39 Å². The summed E-state index contributed by atoms with van der Waals surface area (Å²) >= 11 is 3.45. The van der Waals surface area contributed by atoms with Crippen LogP contribution in [-0.4, -0.2) is 4.34 Å². The molecule has 0 saturated carbocycles. The third kappa shape index (κ3) is 1.11. The average molecular weight is 228 g/mol. The van der Waals surface area contributed by atoms with Crippen LogP contribution in [0, 0.1) is 0 Å². The molecule has 0 amide bonds. The van der Waals surface area contributed by atoms with Gasteiger partial charge in [-0.15, -0.1) is 0 Å². The van der Waals surface area contributed by atoms with Crippen LogP contribution in [0.5, 0.6) is 0 Å². The Balaban J connectivity index is 2.92. The van der Waals surface area contributed by atoms with E-state index in [1.807, 2.05) is 16.5 Å². The molecule has 0 radical (unpaired) electrons. The minimum atomic E-state index is 1.09. The van der Waals surface area contributed by atoms with Gasteiger partial charge < -0.3 is 4.34 Å². The Kier molecular flexibility index (Phi) is 1.74. The molecule has 0 aliphatic heterocycles. The van der Waals surface area contributed by atoms with E-state index in [9.17, 15) is 0 Å². The zero-order chi connectivity index (χ0) is 7.84. The van der Waals surface area contributed by atoms with Gasteiger partial charge in [-0.25, -0.2) is 0 Å². The van der Waals surface area contributed by atoms with Crippen molar-refractivity contribution in [1.82, 2.24) is 4.34 Å². The van der Waals surface area contributed by atoms with Gasteiger partial charge in [0.2, 0.25) is 0 Å². The highest BCUT2D eigenvalue weighted by Crippen LogP contribution is 2.25. The summed E-state index contributed by atoms with van der Waals surface area (Å²) in [5, 5.41) is 1.26. The molecule has 1 unspecified atom stereocenters. The molecule has 1 aromatic heterocycles. The maximum absolute atomic E-state index is 3.45. The highest BCUT2D eigenvalue weighted by atomic mass is 79.9. The first-order chi connectivity index (χ1) is 5.29. The van der Waals surface area contributed by atoms with Gasteiger partial charge in [-0.05, 0) is 37.5 Å². The first-order valence-corrected chi connectivity index (χ1v) is 4.61. The molecule has 2 rings (SSSR count). The van der Waals surface area contributed by atoms with E-state index in [0.29, 0.717) is 0 Å². The third-order valence-corrected chi connectivity index (χ3v) is 3.25. The molecule has 1 atom stereocenters. The number of halogens is 1. The van der Waals surface area contributed by atoms with Gasteiger partial charge in [0.1, 0.15) is 0 Å². The Morgan fingerprint density at radius 2 is 2.00 bits per heavy atom. The molecule has 3 heteroatoms. The van der Waals surface area contributed by atoms with E-state index >= 15 is 0 Å². The predicted octanol–water partition coefficient (Wildman–Crippen LogP) is 3.04. The smallest absolute Gasteiger partial charge is 0.0886 e. The maximum atomic E-state index is 3.45. The molecule has 56 valence electrons. The number of nitrogens with zero attached hydrogens (tertiary/aromatic N) is 1. The number of hydrogen-bond donors (Lipinski definition) is 0. The van der Waals surface area contributed by atoms with E-state index < -0.39 is 0 Å². The Hall–Kier alpha value is -0.330. The van der Waals surface area contributed by atoms with Gasteiger partial charge in [0.05, 0.1) is 10.1 Å². The van der Waals surface area contributed by atoms with Gasteiger partial charge in [-0.1, -0.05) is 18.2 Å². The van der Waals surface area contributed by atoms with Crippen LogP contribution in [0.2, 0.25) is 0 Å². The SMILES string of the molecule is Pn1c(Br)cc2ccccc21. The fourth-order valence-corrected chi connectivity index (χ4v) is 1.89. The number of benzene rings is 1. The molecule has 0 bridgehead atoms. The number of aromatic nitrogens is 1. The molecule has 0 fully saturated rings. The number of para-hydroxylation sites is 1. The summed E-state index contributed by atoms with van der Waals surface area (Å²) < 4.78 is 3.12. The van der Waals surface area contributed by atoms with Crippen molar-refractivity contribution in [2.75, 3.05) is 0 Å². The lowest BCUT2D eigenvalue weighted by Gasteiger charge is -1.94. The van der Waals surface area contributed by atoms with Gasteiger partial charge in [0.25, 0.3) is 0 Å². The second kappa shape index (κ2) is 2.62. The van der Waals surface area contributed by atoms with Crippen molar-refractivity contribution >= 4 is 36.2 Å². The zero-order valence-electron chi connectivity index (χ0n) is 5.79. The third-order valence-electron chi connectivity index (χ3n) is 1.70. The first kappa shape index (κ1) is 7.33. The number of fused-ring (bicyclic) bond motifs is 1. The van der Waals surface area contributed by atoms with E-state index in [4.69, 9.17) is 0 Å². The van der Waals surface area contributed by atoms with Crippen molar-refractivity contribution in [3.8, 4) is 0 Å². The Labute approximate surface area is 75.8 Å². The zero-order valence-corrected chi connectivity index (χ0v) is 8.53. The Bertz CT molecular complexity index is 394. The summed E-state index contributed by atoms with van der Waals surface area (Å²) in [6, 6.07) is 10.4.